The van der Waals surface area contributed by atoms with Gasteiger partial charge in [-0.05, 0) is 38.9 Å². The van der Waals surface area contributed by atoms with E-state index in [0.717, 1.165) is 5.92 Å². The van der Waals surface area contributed by atoms with Gasteiger partial charge in [-0.1, -0.05) is 59.3 Å². The summed E-state index contributed by atoms with van der Waals surface area (Å²) in [4.78, 5) is 2.50. The molecule has 0 aliphatic carbocycles. The molecule has 1 nitrogen and oxygen atoms in total. The van der Waals surface area contributed by atoms with E-state index in [2.05, 4.69) is 32.7 Å². The third-order valence-corrected chi connectivity index (χ3v) is 3.21. The van der Waals surface area contributed by atoms with Crippen molar-refractivity contribution in [1.82, 2.24) is 4.90 Å². The van der Waals surface area contributed by atoms with E-state index in [4.69, 9.17) is 0 Å². The molecular weight excluding hydrogens is 194 g/mol. The summed E-state index contributed by atoms with van der Waals surface area (Å²) in [5, 5.41) is 0. The van der Waals surface area contributed by atoms with Gasteiger partial charge in [-0.15, -0.1) is 0 Å². The van der Waals surface area contributed by atoms with Gasteiger partial charge >= 0.3 is 0 Å². The summed E-state index contributed by atoms with van der Waals surface area (Å²) >= 11 is 0. The first-order valence-corrected chi connectivity index (χ1v) is 7.35. The Morgan fingerprint density at radius 1 is 0.812 bits per heavy atom. The molecule has 0 aliphatic rings. The highest BCUT2D eigenvalue weighted by Crippen LogP contribution is 2.08. The van der Waals surface area contributed by atoms with E-state index in [1.54, 1.807) is 0 Å². The van der Waals surface area contributed by atoms with E-state index in [9.17, 15) is 0 Å². The van der Waals surface area contributed by atoms with Crippen molar-refractivity contribution >= 4 is 0 Å². The molecule has 0 aliphatic heterocycles. The minimum Gasteiger partial charge on any atom is -0.306 e. The van der Waals surface area contributed by atoms with Crippen molar-refractivity contribution in [1.29, 1.82) is 0 Å². The lowest BCUT2D eigenvalue weighted by molar-refractivity contribution is 0.314. The molecule has 0 N–H and O–H groups in total. The summed E-state index contributed by atoms with van der Waals surface area (Å²) in [6, 6.07) is 0. The molecule has 0 rings (SSSR count). The van der Waals surface area contributed by atoms with Gasteiger partial charge in [0.2, 0.25) is 0 Å². The van der Waals surface area contributed by atoms with Gasteiger partial charge in [0.15, 0.2) is 0 Å². The van der Waals surface area contributed by atoms with Crippen LogP contribution >= 0.6 is 0 Å². The van der Waals surface area contributed by atoms with E-state index < -0.39 is 0 Å². The summed E-state index contributed by atoms with van der Waals surface area (Å²) < 4.78 is 0. The molecule has 0 aromatic carbocycles. The minimum absolute atomic E-state index is 0.881. The maximum absolute atomic E-state index is 2.50. The molecule has 0 heterocycles. The highest BCUT2D eigenvalue weighted by molar-refractivity contribution is 4.54. The van der Waals surface area contributed by atoms with Gasteiger partial charge in [-0.25, -0.2) is 0 Å². The zero-order valence-electron chi connectivity index (χ0n) is 12.1. The quantitative estimate of drug-likeness (QED) is 0.462. The van der Waals surface area contributed by atoms with Crippen LogP contribution in [-0.4, -0.2) is 25.0 Å². The van der Waals surface area contributed by atoms with Gasteiger partial charge in [-0.3, -0.25) is 0 Å². The molecule has 0 radical (unpaired) electrons. The fourth-order valence-electron chi connectivity index (χ4n) is 2.03. The standard InChI is InChI=1S/C15H33N/c1-5-6-7-10-13-16(4)14-11-8-9-12-15(2)3/h15H,5-14H2,1-4H3. The highest BCUT2D eigenvalue weighted by atomic mass is 15.1. The van der Waals surface area contributed by atoms with Crippen LogP contribution in [0.3, 0.4) is 0 Å². The van der Waals surface area contributed by atoms with E-state index in [-0.39, 0.29) is 0 Å². The highest BCUT2D eigenvalue weighted by Gasteiger charge is 1.99. The second-order valence-corrected chi connectivity index (χ2v) is 5.61. The van der Waals surface area contributed by atoms with Crippen molar-refractivity contribution in [2.24, 2.45) is 5.92 Å². The number of unbranched alkanes of at least 4 members (excludes halogenated alkanes) is 5. The molecule has 0 bridgehead atoms. The molecule has 0 unspecified atom stereocenters. The van der Waals surface area contributed by atoms with Crippen molar-refractivity contribution < 1.29 is 0 Å². The largest absolute Gasteiger partial charge is 0.306 e. The van der Waals surface area contributed by atoms with E-state index >= 15 is 0 Å². The van der Waals surface area contributed by atoms with Gasteiger partial charge < -0.3 is 4.90 Å². The van der Waals surface area contributed by atoms with Crippen LogP contribution in [0.15, 0.2) is 0 Å². The Kier molecular flexibility index (Phi) is 11.4. The topological polar surface area (TPSA) is 3.24 Å². The van der Waals surface area contributed by atoms with Gasteiger partial charge in [0, 0.05) is 0 Å². The van der Waals surface area contributed by atoms with Gasteiger partial charge in [0.05, 0.1) is 0 Å². The average Bonchev–Trinajstić information content (AvgIpc) is 2.23. The molecular formula is C15H33N. The molecule has 0 atom stereocenters. The van der Waals surface area contributed by atoms with Crippen molar-refractivity contribution in [3.63, 3.8) is 0 Å². The third kappa shape index (κ3) is 12.0. The minimum atomic E-state index is 0.881. The lowest BCUT2D eigenvalue weighted by atomic mass is 10.1. The molecule has 0 saturated heterocycles. The lowest BCUT2D eigenvalue weighted by Gasteiger charge is -2.16. The molecule has 0 saturated carbocycles. The second kappa shape index (κ2) is 11.4. The van der Waals surface area contributed by atoms with Crippen LogP contribution in [0.5, 0.6) is 0 Å². The van der Waals surface area contributed by atoms with Crippen molar-refractivity contribution in [2.45, 2.75) is 72.1 Å². The smallest absolute Gasteiger partial charge is 0.00218 e. The number of nitrogens with zero attached hydrogens (tertiary/aromatic N) is 1. The predicted molar refractivity (Wildman–Crippen MR) is 74.9 cm³/mol. The predicted octanol–water partition coefficient (Wildman–Crippen LogP) is 4.71. The first-order valence-electron chi connectivity index (χ1n) is 7.35. The molecule has 0 fully saturated rings. The summed E-state index contributed by atoms with van der Waals surface area (Å²) in [6.45, 7) is 9.51. The Bertz CT molecular complexity index is 131. The van der Waals surface area contributed by atoms with Gasteiger partial charge in [0.25, 0.3) is 0 Å². The number of hydrogen-bond donors (Lipinski definition) is 0. The van der Waals surface area contributed by atoms with E-state index in [1.807, 2.05) is 0 Å². The first kappa shape index (κ1) is 16.0. The Morgan fingerprint density at radius 3 is 1.88 bits per heavy atom. The van der Waals surface area contributed by atoms with Crippen LogP contribution in [0, 0.1) is 5.92 Å². The normalized spacial score (nSPS) is 11.6. The van der Waals surface area contributed by atoms with Crippen LogP contribution < -0.4 is 0 Å². The maximum Gasteiger partial charge on any atom is -0.00218 e. The van der Waals surface area contributed by atoms with Crippen LogP contribution in [0.4, 0.5) is 0 Å². The molecule has 0 spiro atoms. The van der Waals surface area contributed by atoms with E-state index in [1.165, 1.54) is 64.5 Å². The fourth-order valence-corrected chi connectivity index (χ4v) is 2.03. The first-order chi connectivity index (χ1) is 7.66. The van der Waals surface area contributed by atoms with Crippen LogP contribution in [-0.2, 0) is 0 Å². The molecule has 0 aromatic rings. The molecule has 1 heteroatoms. The fraction of sp³-hybridized carbons (Fsp3) is 1.00. The van der Waals surface area contributed by atoms with Gasteiger partial charge in [0.1, 0.15) is 0 Å². The van der Waals surface area contributed by atoms with Crippen LogP contribution in [0.2, 0.25) is 0 Å². The summed E-state index contributed by atoms with van der Waals surface area (Å²) in [7, 11) is 2.27. The molecule has 98 valence electrons. The SMILES string of the molecule is CCCCCCN(C)CCCCCC(C)C. The summed E-state index contributed by atoms with van der Waals surface area (Å²) in [5.74, 6) is 0.881. The van der Waals surface area contributed by atoms with Gasteiger partial charge in [-0.2, -0.15) is 0 Å². The van der Waals surface area contributed by atoms with Crippen molar-refractivity contribution in [3.8, 4) is 0 Å². The Morgan fingerprint density at radius 2 is 1.38 bits per heavy atom. The Hall–Kier alpha value is -0.0400. The monoisotopic (exact) mass is 227 g/mol. The number of hydrogen-bond acceptors (Lipinski definition) is 1. The van der Waals surface area contributed by atoms with Crippen molar-refractivity contribution in [3.05, 3.63) is 0 Å². The third-order valence-electron chi connectivity index (χ3n) is 3.21. The Balaban J connectivity index is 3.14. The van der Waals surface area contributed by atoms with E-state index in [0.29, 0.717) is 0 Å². The second-order valence-electron chi connectivity index (χ2n) is 5.61. The van der Waals surface area contributed by atoms with Crippen LogP contribution in [0.1, 0.15) is 72.1 Å². The molecule has 0 aromatic heterocycles. The zero-order chi connectivity index (χ0) is 12.2. The lowest BCUT2D eigenvalue weighted by Crippen LogP contribution is -2.20. The number of rotatable bonds is 11. The Labute approximate surface area is 104 Å². The summed E-state index contributed by atoms with van der Waals surface area (Å²) in [5.41, 5.74) is 0. The molecule has 0 amide bonds. The zero-order valence-corrected chi connectivity index (χ0v) is 12.1. The summed E-state index contributed by atoms with van der Waals surface area (Å²) in [6.07, 6.45) is 11.2. The van der Waals surface area contributed by atoms with Crippen LogP contribution in [0.25, 0.3) is 0 Å². The molecule has 16 heavy (non-hydrogen) atoms. The van der Waals surface area contributed by atoms with Crippen molar-refractivity contribution in [2.75, 3.05) is 20.1 Å². The average molecular weight is 227 g/mol. The maximum atomic E-state index is 2.50.